The number of aliphatic hydroxyl groups excluding tert-OH is 1. The van der Waals surface area contributed by atoms with Gasteiger partial charge in [-0.05, 0) is 47.9 Å². The average Bonchev–Trinajstić information content (AvgIpc) is 3.32. The van der Waals surface area contributed by atoms with Gasteiger partial charge in [-0.1, -0.05) is 43.2 Å². The molecule has 178 valence electrons. The van der Waals surface area contributed by atoms with Crippen LogP contribution in [-0.4, -0.2) is 49.6 Å². The smallest absolute Gasteiger partial charge is 0.260 e. The van der Waals surface area contributed by atoms with Gasteiger partial charge in [-0.2, -0.15) is 5.10 Å². The van der Waals surface area contributed by atoms with E-state index in [1.165, 1.54) is 0 Å². The predicted octanol–water partition coefficient (Wildman–Crippen LogP) is 4.32. The zero-order valence-corrected chi connectivity index (χ0v) is 19.7. The molecule has 1 fully saturated rings. The van der Waals surface area contributed by atoms with Crippen molar-refractivity contribution < 1.29 is 14.6 Å². The van der Waals surface area contributed by atoms with E-state index < -0.39 is 6.10 Å². The van der Waals surface area contributed by atoms with Gasteiger partial charge in [0.25, 0.3) is 5.91 Å². The van der Waals surface area contributed by atoms with Gasteiger partial charge in [0.1, 0.15) is 5.75 Å². The first kappa shape index (κ1) is 21.8. The van der Waals surface area contributed by atoms with Crippen molar-refractivity contribution in [1.82, 2.24) is 19.7 Å². The maximum atomic E-state index is 13.6. The van der Waals surface area contributed by atoms with Crippen LogP contribution in [0.25, 0.3) is 22.0 Å². The van der Waals surface area contributed by atoms with Crippen LogP contribution in [0.4, 0.5) is 0 Å². The lowest BCUT2D eigenvalue weighted by molar-refractivity contribution is -0.0120. The van der Waals surface area contributed by atoms with Gasteiger partial charge in [0.15, 0.2) is 6.73 Å². The van der Waals surface area contributed by atoms with Crippen LogP contribution >= 0.6 is 0 Å². The van der Waals surface area contributed by atoms with E-state index in [9.17, 15) is 9.90 Å². The largest absolute Gasteiger partial charge is 0.472 e. The summed E-state index contributed by atoms with van der Waals surface area (Å²) < 4.78 is 7.93. The molecule has 1 aliphatic heterocycles. The van der Waals surface area contributed by atoms with Crippen molar-refractivity contribution in [3.8, 4) is 17.0 Å². The van der Waals surface area contributed by atoms with Crippen molar-refractivity contribution in [1.29, 1.82) is 0 Å². The number of fused-ring (bicyclic) bond motifs is 3. The standard InChI is InChI=1S/C28H28N4O3/c1-31-16-20(15-30-31)24-11-10-18(14-29-24)12-19-13-23-27(22-7-3-2-6-21(19)22)35-17-32(28(23)34)25-8-4-5-9-26(25)33/h2-3,6-7,10-11,13-16,25-26,33H,4-5,8-9,12,17H2,1H3. The monoisotopic (exact) mass is 468 g/mol. The van der Waals surface area contributed by atoms with Crippen molar-refractivity contribution in [3.63, 3.8) is 0 Å². The molecule has 1 saturated carbocycles. The lowest BCUT2D eigenvalue weighted by Gasteiger charge is -2.40. The minimum atomic E-state index is -0.498. The molecule has 0 radical (unpaired) electrons. The second-order valence-corrected chi connectivity index (χ2v) is 9.56. The molecule has 0 spiro atoms. The second-order valence-electron chi connectivity index (χ2n) is 9.56. The minimum absolute atomic E-state index is 0.0609. The van der Waals surface area contributed by atoms with Crippen LogP contribution in [0.15, 0.2) is 61.1 Å². The molecule has 1 aliphatic carbocycles. The molecule has 2 aromatic heterocycles. The molecule has 6 rings (SSSR count). The first-order valence-electron chi connectivity index (χ1n) is 12.2. The number of aryl methyl sites for hydroxylation is 1. The van der Waals surface area contributed by atoms with E-state index in [1.807, 2.05) is 49.8 Å². The van der Waals surface area contributed by atoms with Crippen LogP contribution < -0.4 is 4.74 Å². The van der Waals surface area contributed by atoms with Crippen LogP contribution in [-0.2, 0) is 13.5 Å². The van der Waals surface area contributed by atoms with Gasteiger partial charge in [0, 0.05) is 30.4 Å². The van der Waals surface area contributed by atoms with Gasteiger partial charge in [-0.3, -0.25) is 19.4 Å². The third-order valence-corrected chi connectivity index (χ3v) is 7.23. The normalized spacial score (nSPS) is 20.1. The Kier molecular flexibility index (Phi) is 5.49. The molecule has 7 nitrogen and oxygen atoms in total. The Morgan fingerprint density at radius 3 is 2.66 bits per heavy atom. The van der Waals surface area contributed by atoms with Crippen LogP contribution in [0.1, 0.15) is 47.2 Å². The summed E-state index contributed by atoms with van der Waals surface area (Å²) in [6, 6.07) is 13.9. The van der Waals surface area contributed by atoms with Crippen LogP contribution in [0.3, 0.4) is 0 Å². The van der Waals surface area contributed by atoms with E-state index in [2.05, 4.69) is 22.2 Å². The second kappa shape index (κ2) is 8.82. The maximum absolute atomic E-state index is 13.6. The average molecular weight is 469 g/mol. The Hall–Kier alpha value is -3.71. The molecule has 4 aromatic rings. The van der Waals surface area contributed by atoms with Crippen LogP contribution in [0, 0.1) is 0 Å². The molecule has 2 atom stereocenters. The summed E-state index contributed by atoms with van der Waals surface area (Å²) >= 11 is 0. The number of hydrogen-bond donors (Lipinski definition) is 1. The zero-order chi connectivity index (χ0) is 23.9. The van der Waals surface area contributed by atoms with E-state index in [4.69, 9.17) is 4.74 Å². The van der Waals surface area contributed by atoms with Crippen molar-refractivity contribution in [3.05, 3.63) is 77.7 Å². The predicted molar refractivity (Wildman–Crippen MR) is 133 cm³/mol. The minimum Gasteiger partial charge on any atom is -0.472 e. The number of carbonyl (C=O) groups excluding carboxylic acids is 1. The van der Waals surface area contributed by atoms with E-state index in [-0.39, 0.29) is 18.7 Å². The fraction of sp³-hybridized carbons (Fsp3) is 0.321. The molecule has 0 bridgehead atoms. The third-order valence-electron chi connectivity index (χ3n) is 7.23. The fourth-order valence-corrected chi connectivity index (χ4v) is 5.41. The highest BCUT2D eigenvalue weighted by Gasteiger charge is 2.37. The first-order chi connectivity index (χ1) is 17.1. The Morgan fingerprint density at radius 2 is 1.91 bits per heavy atom. The summed E-state index contributed by atoms with van der Waals surface area (Å²) in [4.78, 5) is 20.0. The molecule has 7 heteroatoms. The number of nitrogens with zero attached hydrogens (tertiary/aromatic N) is 4. The molecule has 2 aromatic carbocycles. The highest BCUT2D eigenvalue weighted by molar-refractivity contribution is 6.06. The van der Waals surface area contributed by atoms with E-state index in [0.29, 0.717) is 17.7 Å². The van der Waals surface area contributed by atoms with Crippen LogP contribution in [0.2, 0.25) is 0 Å². The number of carbonyl (C=O) groups is 1. The van der Waals surface area contributed by atoms with Crippen molar-refractivity contribution in [2.75, 3.05) is 6.73 Å². The van der Waals surface area contributed by atoms with E-state index >= 15 is 0 Å². The van der Waals surface area contributed by atoms with Gasteiger partial charge in [-0.25, -0.2) is 0 Å². The van der Waals surface area contributed by atoms with Gasteiger partial charge in [-0.15, -0.1) is 0 Å². The molecule has 2 aliphatic rings. The van der Waals surface area contributed by atoms with Crippen molar-refractivity contribution in [2.45, 2.75) is 44.2 Å². The van der Waals surface area contributed by atoms with Crippen LogP contribution in [0.5, 0.6) is 5.75 Å². The number of ether oxygens (including phenoxy) is 1. The summed E-state index contributed by atoms with van der Waals surface area (Å²) in [6.07, 6.45) is 9.34. The summed E-state index contributed by atoms with van der Waals surface area (Å²) in [5.74, 6) is 0.579. The van der Waals surface area contributed by atoms with Gasteiger partial charge < -0.3 is 9.84 Å². The molecule has 3 heterocycles. The molecular weight excluding hydrogens is 440 g/mol. The number of hydrogen-bond acceptors (Lipinski definition) is 5. The Balaban J connectivity index is 1.35. The highest BCUT2D eigenvalue weighted by Crippen LogP contribution is 2.38. The number of aromatic nitrogens is 3. The lowest BCUT2D eigenvalue weighted by atomic mass is 9.90. The molecule has 35 heavy (non-hydrogen) atoms. The van der Waals surface area contributed by atoms with Gasteiger partial charge in [0.2, 0.25) is 0 Å². The van der Waals surface area contributed by atoms with Crippen molar-refractivity contribution in [2.24, 2.45) is 7.05 Å². The number of benzene rings is 2. The quantitative estimate of drug-likeness (QED) is 0.482. The number of pyridine rings is 1. The Bertz CT molecular complexity index is 1400. The Labute approximate surface area is 204 Å². The van der Waals surface area contributed by atoms with E-state index in [1.54, 1.807) is 15.8 Å². The van der Waals surface area contributed by atoms with E-state index in [0.717, 1.165) is 58.8 Å². The molecular formula is C28H28N4O3. The molecule has 1 amide bonds. The number of amides is 1. The zero-order valence-electron chi connectivity index (χ0n) is 19.7. The van der Waals surface area contributed by atoms with Gasteiger partial charge >= 0.3 is 0 Å². The summed E-state index contributed by atoms with van der Waals surface area (Å²) in [7, 11) is 1.89. The number of aliphatic hydroxyl groups is 1. The molecule has 0 saturated heterocycles. The first-order valence-corrected chi connectivity index (χ1v) is 12.2. The molecule has 2 unspecified atom stereocenters. The SMILES string of the molecule is Cn1cc(-c2ccc(Cc3cc4c(c5ccccc35)OCN(C3CCCCC3O)C4=O)cn2)cn1. The maximum Gasteiger partial charge on any atom is 0.260 e. The lowest BCUT2D eigenvalue weighted by Crippen LogP contribution is -2.51. The Morgan fingerprint density at radius 1 is 1.09 bits per heavy atom. The highest BCUT2D eigenvalue weighted by atomic mass is 16.5. The third kappa shape index (κ3) is 3.96. The molecule has 1 N–H and O–H groups in total. The fourth-order valence-electron chi connectivity index (χ4n) is 5.41. The topological polar surface area (TPSA) is 80.5 Å². The summed E-state index contributed by atoms with van der Waals surface area (Å²) in [6.45, 7) is 0.177. The van der Waals surface area contributed by atoms with Gasteiger partial charge in [0.05, 0.1) is 29.6 Å². The summed E-state index contributed by atoms with van der Waals surface area (Å²) in [5.41, 5.74) is 4.54. The van der Waals surface area contributed by atoms with Crippen molar-refractivity contribution >= 4 is 16.7 Å². The number of rotatable bonds is 4. The summed E-state index contributed by atoms with van der Waals surface area (Å²) in [5, 5.41) is 16.8.